The van der Waals surface area contributed by atoms with E-state index in [-0.39, 0.29) is 5.97 Å². The molecule has 0 radical (unpaired) electrons. The van der Waals surface area contributed by atoms with E-state index in [2.05, 4.69) is 13.8 Å². The first kappa shape index (κ1) is 11.3. The summed E-state index contributed by atoms with van der Waals surface area (Å²) < 4.78 is 5.12. The first-order valence-electron chi connectivity index (χ1n) is 5.48. The molecule has 0 N–H and O–H groups in total. The van der Waals surface area contributed by atoms with Crippen molar-refractivity contribution < 1.29 is 9.53 Å². The number of rotatable bonds is 5. The maximum absolute atomic E-state index is 11.3. The van der Waals surface area contributed by atoms with Crippen molar-refractivity contribution in [3.05, 3.63) is 11.6 Å². The number of allylic oxidation sites excluding steroid dienone is 1. The first-order valence-corrected chi connectivity index (χ1v) is 5.48. The van der Waals surface area contributed by atoms with Crippen molar-refractivity contribution in [2.24, 2.45) is 11.8 Å². The Morgan fingerprint density at radius 3 is 2.71 bits per heavy atom. The fourth-order valence-corrected chi connectivity index (χ4v) is 1.18. The van der Waals surface area contributed by atoms with Crippen molar-refractivity contribution in [1.29, 1.82) is 0 Å². The highest BCUT2D eigenvalue weighted by Crippen LogP contribution is 2.28. The Morgan fingerprint density at radius 1 is 1.57 bits per heavy atom. The molecular weight excluding hydrogens is 176 g/mol. The lowest BCUT2D eigenvalue weighted by Crippen LogP contribution is -2.06. The highest BCUT2D eigenvalue weighted by atomic mass is 16.5. The third-order valence-electron chi connectivity index (χ3n) is 2.89. The van der Waals surface area contributed by atoms with Crippen LogP contribution in [0, 0.1) is 11.8 Å². The number of carbonyl (C=O) groups is 1. The highest BCUT2D eigenvalue weighted by Gasteiger charge is 2.22. The molecule has 0 heterocycles. The second-order valence-corrected chi connectivity index (χ2v) is 4.27. The third kappa shape index (κ3) is 3.95. The molecule has 1 fully saturated rings. The van der Waals surface area contributed by atoms with Crippen LogP contribution in [0.2, 0.25) is 0 Å². The van der Waals surface area contributed by atoms with Crippen LogP contribution in [0.3, 0.4) is 0 Å². The Balaban J connectivity index is 2.28. The second-order valence-electron chi connectivity index (χ2n) is 4.27. The maximum atomic E-state index is 11.3. The molecule has 0 aromatic rings. The summed E-state index contributed by atoms with van der Waals surface area (Å²) in [5, 5.41) is 0. The van der Waals surface area contributed by atoms with Crippen LogP contribution in [-0.4, -0.2) is 12.6 Å². The Hall–Kier alpha value is -0.790. The first-order chi connectivity index (χ1) is 6.63. The molecule has 0 aromatic carbocycles. The molecule has 0 aromatic heterocycles. The predicted octanol–water partition coefficient (Wildman–Crippen LogP) is 2.93. The molecule has 1 atom stereocenters. The lowest BCUT2D eigenvalue weighted by Gasteiger charge is -2.08. The van der Waals surface area contributed by atoms with Gasteiger partial charge in [0.25, 0.3) is 0 Å². The number of hydrogen-bond acceptors (Lipinski definition) is 2. The van der Waals surface area contributed by atoms with Crippen LogP contribution in [0.15, 0.2) is 11.6 Å². The molecule has 2 heteroatoms. The van der Waals surface area contributed by atoms with E-state index in [0.717, 1.165) is 12.0 Å². The monoisotopic (exact) mass is 196 g/mol. The van der Waals surface area contributed by atoms with Gasteiger partial charge in [0.1, 0.15) is 0 Å². The summed E-state index contributed by atoms with van der Waals surface area (Å²) in [5.74, 6) is 0.953. The molecule has 14 heavy (non-hydrogen) atoms. The van der Waals surface area contributed by atoms with Gasteiger partial charge in [-0.15, -0.1) is 0 Å². The minimum Gasteiger partial charge on any atom is -0.462 e. The zero-order valence-corrected chi connectivity index (χ0v) is 9.38. The Morgan fingerprint density at radius 2 is 2.21 bits per heavy atom. The van der Waals surface area contributed by atoms with Crippen LogP contribution in [-0.2, 0) is 9.53 Å². The third-order valence-corrected chi connectivity index (χ3v) is 2.89. The van der Waals surface area contributed by atoms with Gasteiger partial charge in [0.15, 0.2) is 0 Å². The van der Waals surface area contributed by atoms with Crippen molar-refractivity contribution in [3.8, 4) is 0 Å². The van der Waals surface area contributed by atoms with Crippen molar-refractivity contribution in [1.82, 2.24) is 0 Å². The average Bonchev–Trinajstić information content (AvgIpc) is 2.96. The van der Waals surface area contributed by atoms with Gasteiger partial charge in [-0.1, -0.05) is 19.4 Å². The van der Waals surface area contributed by atoms with Crippen LogP contribution in [0.1, 0.15) is 40.0 Å². The van der Waals surface area contributed by atoms with Crippen LogP contribution < -0.4 is 0 Å². The van der Waals surface area contributed by atoms with Gasteiger partial charge in [0, 0.05) is 6.08 Å². The number of ether oxygens (including phenoxy) is 1. The standard InChI is InChI=1S/C12H20O2/c1-4-9(2)10(3)7-12(13)14-8-11-5-6-11/h7,9,11H,4-6,8H2,1-3H3. The van der Waals surface area contributed by atoms with Gasteiger partial charge in [-0.2, -0.15) is 0 Å². The summed E-state index contributed by atoms with van der Waals surface area (Å²) >= 11 is 0. The zero-order chi connectivity index (χ0) is 10.6. The van der Waals surface area contributed by atoms with E-state index in [0.29, 0.717) is 18.4 Å². The van der Waals surface area contributed by atoms with Crippen molar-refractivity contribution in [3.63, 3.8) is 0 Å². The number of carbonyl (C=O) groups excluding carboxylic acids is 1. The second kappa shape index (κ2) is 5.18. The Labute approximate surface area is 86.3 Å². The number of hydrogen-bond donors (Lipinski definition) is 0. The molecule has 1 aliphatic rings. The van der Waals surface area contributed by atoms with E-state index in [1.807, 2.05) is 6.92 Å². The molecule has 0 spiro atoms. The smallest absolute Gasteiger partial charge is 0.330 e. The van der Waals surface area contributed by atoms with Crippen molar-refractivity contribution >= 4 is 5.97 Å². The summed E-state index contributed by atoms with van der Waals surface area (Å²) in [4.78, 5) is 11.3. The van der Waals surface area contributed by atoms with Gasteiger partial charge in [-0.25, -0.2) is 4.79 Å². The van der Waals surface area contributed by atoms with Crippen LogP contribution in [0.5, 0.6) is 0 Å². The summed E-state index contributed by atoms with van der Waals surface area (Å²) in [7, 11) is 0. The summed E-state index contributed by atoms with van der Waals surface area (Å²) in [6.07, 6.45) is 5.15. The molecule has 0 aliphatic heterocycles. The van der Waals surface area contributed by atoms with Crippen LogP contribution >= 0.6 is 0 Å². The fraction of sp³-hybridized carbons (Fsp3) is 0.750. The van der Waals surface area contributed by atoms with Gasteiger partial charge in [0.2, 0.25) is 0 Å². The molecular formula is C12H20O2. The van der Waals surface area contributed by atoms with E-state index in [1.54, 1.807) is 6.08 Å². The molecule has 1 rings (SSSR count). The molecule has 0 amide bonds. The van der Waals surface area contributed by atoms with Gasteiger partial charge in [0.05, 0.1) is 6.61 Å². The van der Waals surface area contributed by atoms with E-state index < -0.39 is 0 Å². The van der Waals surface area contributed by atoms with Crippen molar-refractivity contribution in [2.75, 3.05) is 6.61 Å². The minimum atomic E-state index is -0.172. The maximum Gasteiger partial charge on any atom is 0.330 e. The van der Waals surface area contributed by atoms with E-state index >= 15 is 0 Å². The summed E-state index contributed by atoms with van der Waals surface area (Å²) in [5.41, 5.74) is 1.12. The quantitative estimate of drug-likeness (QED) is 0.499. The van der Waals surface area contributed by atoms with Gasteiger partial charge >= 0.3 is 5.97 Å². The zero-order valence-electron chi connectivity index (χ0n) is 9.38. The largest absolute Gasteiger partial charge is 0.462 e. The van der Waals surface area contributed by atoms with Gasteiger partial charge < -0.3 is 4.74 Å². The molecule has 1 aliphatic carbocycles. The number of esters is 1. The lowest BCUT2D eigenvalue weighted by atomic mass is 10.00. The Bertz CT molecular complexity index is 226. The predicted molar refractivity (Wildman–Crippen MR) is 56.9 cm³/mol. The van der Waals surface area contributed by atoms with Crippen molar-refractivity contribution in [2.45, 2.75) is 40.0 Å². The normalized spacial score (nSPS) is 19.2. The van der Waals surface area contributed by atoms with E-state index in [9.17, 15) is 4.79 Å². The summed E-state index contributed by atoms with van der Waals surface area (Å²) in [6.45, 7) is 6.85. The van der Waals surface area contributed by atoms with Gasteiger partial charge in [-0.05, 0) is 38.0 Å². The molecule has 1 unspecified atom stereocenters. The fourth-order valence-electron chi connectivity index (χ4n) is 1.18. The topological polar surface area (TPSA) is 26.3 Å². The van der Waals surface area contributed by atoms with E-state index in [4.69, 9.17) is 4.74 Å². The van der Waals surface area contributed by atoms with Crippen LogP contribution in [0.4, 0.5) is 0 Å². The molecule has 1 saturated carbocycles. The average molecular weight is 196 g/mol. The highest BCUT2D eigenvalue weighted by molar-refractivity contribution is 5.82. The van der Waals surface area contributed by atoms with Gasteiger partial charge in [-0.3, -0.25) is 0 Å². The Kier molecular flexibility index (Phi) is 4.18. The lowest BCUT2D eigenvalue weighted by molar-refractivity contribution is -0.138. The van der Waals surface area contributed by atoms with E-state index in [1.165, 1.54) is 12.8 Å². The van der Waals surface area contributed by atoms with Crippen LogP contribution in [0.25, 0.3) is 0 Å². The molecule has 0 saturated heterocycles. The SMILES string of the molecule is CCC(C)C(C)=CC(=O)OCC1CC1. The molecule has 2 nitrogen and oxygen atoms in total. The minimum absolute atomic E-state index is 0.172. The molecule has 0 bridgehead atoms. The summed E-state index contributed by atoms with van der Waals surface area (Å²) in [6, 6.07) is 0. The molecule has 80 valence electrons.